The third-order valence-electron chi connectivity index (χ3n) is 3.71. The minimum absolute atomic E-state index is 0.593. The lowest BCUT2D eigenvalue weighted by Crippen LogP contribution is -2.25. The van der Waals surface area contributed by atoms with Crippen molar-refractivity contribution in [2.75, 3.05) is 13.6 Å². The van der Waals surface area contributed by atoms with E-state index in [-0.39, 0.29) is 0 Å². The number of nitrogens with zero attached hydrogens (tertiary/aromatic N) is 1. The highest BCUT2D eigenvalue weighted by molar-refractivity contribution is 5.00. The van der Waals surface area contributed by atoms with Crippen LogP contribution in [0.3, 0.4) is 0 Å². The van der Waals surface area contributed by atoms with Gasteiger partial charge in [0.25, 0.3) is 0 Å². The summed E-state index contributed by atoms with van der Waals surface area (Å²) in [4.78, 5) is 2.57. The van der Waals surface area contributed by atoms with E-state index >= 15 is 0 Å². The minimum Gasteiger partial charge on any atom is -0.303 e. The van der Waals surface area contributed by atoms with Crippen LogP contribution < -0.4 is 0 Å². The Morgan fingerprint density at radius 3 is 2.64 bits per heavy atom. The Kier molecular flexibility index (Phi) is 1.54. The van der Waals surface area contributed by atoms with Gasteiger partial charge in [0.15, 0.2) is 0 Å². The van der Waals surface area contributed by atoms with Crippen LogP contribution in [0.5, 0.6) is 0 Å². The molecule has 1 nitrogen and oxygen atoms in total. The maximum atomic E-state index is 2.57. The zero-order chi connectivity index (χ0) is 8.06. The second kappa shape index (κ2) is 2.22. The molecule has 1 aliphatic heterocycles. The van der Waals surface area contributed by atoms with Crippen molar-refractivity contribution in [2.45, 2.75) is 39.2 Å². The summed E-state index contributed by atoms with van der Waals surface area (Å²) < 4.78 is 0. The molecule has 0 N–H and O–H groups in total. The average Bonchev–Trinajstić information content (AvgIpc) is 2.37. The van der Waals surface area contributed by atoms with Crippen molar-refractivity contribution in [3.63, 3.8) is 0 Å². The van der Waals surface area contributed by atoms with Crippen LogP contribution >= 0.6 is 0 Å². The summed E-state index contributed by atoms with van der Waals surface area (Å²) in [6.07, 6.45) is 4.38. The molecule has 2 rings (SSSR count). The molecule has 0 radical (unpaired) electrons. The first-order valence-corrected chi connectivity index (χ1v) is 4.81. The zero-order valence-corrected chi connectivity index (χ0v) is 7.93. The van der Waals surface area contributed by atoms with Crippen LogP contribution in [0.4, 0.5) is 0 Å². The first-order chi connectivity index (χ1) is 5.11. The molecule has 0 amide bonds. The molecule has 0 spiro atoms. The summed E-state index contributed by atoms with van der Waals surface area (Å²) in [6.45, 7) is 6.17. The summed E-state index contributed by atoms with van der Waals surface area (Å²) >= 11 is 0. The normalized spacial score (nSPS) is 42.8. The fourth-order valence-corrected chi connectivity index (χ4v) is 3.26. The molecule has 1 aliphatic carbocycles. The standard InChI is InChI=1S/C10H19N/c1-10(2)7-11(3)9-6-4-5-8(9)10/h8-9H,4-7H2,1-3H3. The molecular weight excluding hydrogens is 134 g/mol. The molecule has 1 heterocycles. The van der Waals surface area contributed by atoms with Gasteiger partial charge in [-0.1, -0.05) is 20.3 Å². The van der Waals surface area contributed by atoms with E-state index in [0.717, 1.165) is 12.0 Å². The summed E-state index contributed by atoms with van der Waals surface area (Å²) in [5, 5.41) is 0. The topological polar surface area (TPSA) is 3.24 Å². The molecule has 1 saturated carbocycles. The highest BCUT2D eigenvalue weighted by atomic mass is 15.2. The molecule has 2 fully saturated rings. The molecule has 1 heteroatoms. The van der Waals surface area contributed by atoms with E-state index in [1.54, 1.807) is 0 Å². The zero-order valence-electron chi connectivity index (χ0n) is 7.93. The van der Waals surface area contributed by atoms with Gasteiger partial charge in [-0.3, -0.25) is 0 Å². The first-order valence-electron chi connectivity index (χ1n) is 4.81. The number of hydrogen-bond acceptors (Lipinski definition) is 1. The van der Waals surface area contributed by atoms with Gasteiger partial charge >= 0.3 is 0 Å². The molecule has 64 valence electrons. The Bertz CT molecular complexity index is 162. The van der Waals surface area contributed by atoms with E-state index < -0.39 is 0 Å². The van der Waals surface area contributed by atoms with Crippen molar-refractivity contribution in [2.24, 2.45) is 11.3 Å². The third-order valence-corrected chi connectivity index (χ3v) is 3.71. The summed E-state index contributed by atoms with van der Waals surface area (Å²) in [7, 11) is 2.29. The van der Waals surface area contributed by atoms with Crippen LogP contribution in [0.1, 0.15) is 33.1 Å². The van der Waals surface area contributed by atoms with Crippen LogP contribution in [-0.4, -0.2) is 24.5 Å². The molecule has 0 bridgehead atoms. The maximum Gasteiger partial charge on any atom is 0.0126 e. The van der Waals surface area contributed by atoms with Crippen molar-refractivity contribution in [1.82, 2.24) is 4.90 Å². The second-order valence-electron chi connectivity index (χ2n) is 5.01. The predicted octanol–water partition coefficient (Wildman–Crippen LogP) is 2.13. The van der Waals surface area contributed by atoms with Crippen molar-refractivity contribution in [3.05, 3.63) is 0 Å². The average molecular weight is 153 g/mol. The van der Waals surface area contributed by atoms with E-state index in [9.17, 15) is 0 Å². The molecule has 2 aliphatic rings. The quantitative estimate of drug-likeness (QED) is 0.515. The van der Waals surface area contributed by atoms with Crippen LogP contribution in [-0.2, 0) is 0 Å². The predicted molar refractivity (Wildman–Crippen MR) is 47.5 cm³/mol. The van der Waals surface area contributed by atoms with Crippen LogP contribution in [0.15, 0.2) is 0 Å². The Labute approximate surface area is 69.8 Å². The van der Waals surface area contributed by atoms with Crippen LogP contribution in [0, 0.1) is 11.3 Å². The fraction of sp³-hybridized carbons (Fsp3) is 1.00. The third kappa shape index (κ3) is 1.01. The van der Waals surface area contributed by atoms with Crippen LogP contribution in [0.25, 0.3) is 0 Å². The number of hydrogen-bond donors (Lipinski definition) is 0. The van der Waals surface area contributed by atoms with Gasteiger partial charge in [-0.05, 0) is 31.2 Å². The number of likely N-dealkylation sites (tertiary alicyclic amines) is 1. The molecule has 0 aromatic carbocycles. The number of fused-ring (bicyclic) bond motifs is 1. The summed E-state index contributed by atoms with van der Waals surface area (Å²) in [5.41, 5.74) is 0.593. The fourth-order valence-electron chi connectivity index (χ4n) is 3.26. The summed E-state index contributed by atoms with van der Waals surface area (Å²) in [6, 6.07) is 0.921. The molecule has 1 saturated heterocycles. The van der Waals surface area contributed by atoms with Gasteiger partial charge in [0.2, 0.25) is 0 Å². The molecular formula is C10H19N. The maximum absolute atomic E-state index is 2.57. The second-order valence-corrected chi connectivity index (χ2v) is 5.01. The van der Waals surface area contributed by atoms with E-state index in [4.69, 9.17) is 0 Å². The van der Waals surface area contributed by atoms with Gasteiger partial charge in [-0.15, -0.1) is 0 Å². The molecule has 0 aromatic rings. The van der Waals surface area contributed by atoms with Gasteiger partial charge in [-0.25, -0.2) is 0 Å². The lowest BCUT2D eigenvalue weighted by atomic mass is 9.80. The molecule has 2 unspecified atom stereocenters. The summed E-state index contributed by atoms with van der Waals surface area (Å²) in [5.74, 6) is 0.993. The SMILES string of the molecule is CN1CC(C)(C)C2CCCC21. The Balaban J connectivity index is 2.20. The molecule has 0 aromatic heterocycles. The van der Waals surface area contributed by atoms with Crippen molar-refractivity contribution >= 4 is 0 Å². The van der Waals surface area contributed by atoms with Crippen LogP contribution in [0.2, 0.25) is 0 Å². The molecule has 11 heavy (non-hydrogen) atoms. The van der Waals surface area contributed by atoms with Gasteiger partial charge in [-0.2, -0.15) is 0 Å². The Morgan fingerprint density at radius 1 is 1.27 bits per heavy atom. The van der Waals surface area contributed by atoms with E-state index in [1.165, 1.54) is 25.8 Å². The van der Waals surface area contributed by atoms with Crippen molar-refractivity contribution in [1.29, 1.82) is 0 Å². The van der Waals surface area contributed by atoms with Crippen molar-refractivity contribution < 1.29 is 0 Å². The van der Waals surface area contributed by atoms with Gasteiger partial charge < -0.3 is 4.90 Å². The molecule has 2 atom stereocenters. The largest absolute Gasteiger partial charge is 0.303 e. The van der Waals surface area contributed by atoms with E-state index in [0.29, 0.717) is 5.41 Å². The Morgan fingerprint density at radius 2 is 2.00 bits per heavy atom. The van der Waals surface area contributed by atoms with Gasteiger partial charge in [0.05, 0.1) is 0 Å². The number of rotatable bonds is 0. The lowest BCUT2D eigenvalue weighted by Gasteiger charge is -2.24. The van der Waals surface area contributed by atoms with Gasteiger partial charge in [0, 0.05) is 12.6 Å². The van der Waals surface area contributed by atoms with Crippen molar-refractivity contribution in [3.8, 4) is 0 Å². The Hall–Kier alpha value is -0.0400. The van der Waals surface area contributed by atoms with E-state index in [2.05, 4.69) is 25.8 Å². The lowest BCUT2D eigenvalue weighted by molar-refractivity contribution is 0.275. The van der Waals surface area contributed by atoms with Gasteiger partial charge in [0.1, 0.15) is 0 Å². The highest BCUT2D eigenvalue weighted by Gasteiger charge is 2.47. The minimum atomic E-state index is 0.593. The van der Waals surface area contributed by atoms with E-state index in [1.807, 2.05) is 0 Å². The highest BCUT2D eigenvalue weighted by Crippen LogP contribution is 2.47. The first kappa shape index (κ1) is 7.60. The smallest absolute Gasteiger partial charge is 0.0126 e. The monoisotopic (exact) mass is 153 g/mol.